The molecule has 3 N–H and O–H groups in total. The summed E-state index contributed by atoms with van der Waals surface area (Å²) in [5.41, 5.74) is 10.1. The molecule has 2 saturated carbocycles. The number of fused-ring (bicyclic) bond motifs is 1. The van der Waals surface area contributed by atoms with Crippen molar-refractivity contribution >= 4 is 17.6 Å². The van der Waals surface area contributed by atoms with Gasteiger partial charge in [-0.15, -0.1) is 0 Å². The Labute approximate surface area is 197 Å². The minimum absolute atomic E-state index is 0.0342. The molecular weight excluding hydrogens is 430 g/mol. The van der Waals surface area contributed by atoms with Crippen LogP contribution in [0.1, 0.15) is 78.5 Å². The SMILES string of the molecule is NC(=O)c1nc([C@H]2CCCCc3cc(-c4ccnc(NC(=O)[C@H]5CC56CCC6)c4)ccc32)no1. The summed E-state index contributed by atoms with van der Waals surface area (Å²) in [5.74, 6) is 0.450. The summed E-state index contributed by atoms with van der Waals surface area (Å²) in [6, 6.07) is 10.3. The Morgan fingerprint density at radius 1 is 1.09 bits per heavy atom. The van der Waals surface area contributed by atoms with Gasteiger partial charge in [0.25, 0.3) is 0 Å². The minimum atomic E-state index is -0.715. The maximum atomic E-state index is 12.7. The molecule has 0 saturated heterocycles. The predicted octanol–water partition coefficient (Wildman–Crippen LogP) is 4.22. The van der Waals surface area contributed by atoms with Crippen LogP contribution in [0.2, 0.25) is 0 Å². The van der Waals surface area contributed by atoms with Crippen molar-refractivity contribution in [2.75, 3.05) is 5.32 Å². The first-order valence-corrected chi connectivity index (χ1v) is 12.1. The first-order valence-electron chi connectivity index (χ1n) is 12.1. The van der Waals surface area contributed by atoms with E-state index in [0.717, 1.165) is 48.8 Å². The average molecular weight is 458 g/mol. The van der Waals surface area contributed by atoms with Crippen molar-refractivity contribution < 1.29 is 14.1 Å². The Bertz CT molecular complexity index is 1280. The van der Waals surface area contributed by atoms with E-state index in [9.17, 15) is 9.59 Å². The fourth-order valence-corrected chi connectivity index (χ4v) is 5.70. The summed E-state index contributed by atoms with van der Waals surface area (Å²) in [6.07, 6.45) is 10.3. The van der Waals surface area contributed by atoms with E-state index in [1.165, 1.54) is 24.8 Å². The number of nitrogens with zero attached hydrogens (tertiary/aromatic N) is 3. The van der Waals surface area contributed by atoms with Gasteiger partial charge in [-0.1, -0.05) is 36.2 Å². The number of hydrogen-bond acceptors (Lipinski definition) is 6. The molecule has 3 aliphatic rings. The summed E-state index contributed by atoms with van der Waals surface area (Å²) >= 11 is 0. The van der Waals surface area contributed by atoms with Gasteiger partial charge in [-0.2, -0.15) is 4.98 Å². The zero-order valence-electron chi connectivity index (χ0n) is 18.9. The van der Waals surface area contributed by atoms with E-state index in [-0.39, 0.29) is 23.6 Å². The van der Waals surface area contributed by atoms with Crippen LogP contribution in [0, 0.1) is 11.3 Å². The van der Waals surface area contributed by atoms with Crippen molar-refractivity contribution in [3.63, 3.8) is 0 Å². The lowest BCUT2D eigenvalue weighted by atomic mass is 9.80. The lowest BCUT2D eigenvalue weighted by Gasteiger charge is -2.26. The second-order valence-electron chi connectivity index (χ2n) is 9.93. The van der Waals surface area contributed by atoms with Gasteiger partial charge in [0, 0.05) is 18.0 Å². The lowest BCUT2D eigenvalue weighted by Crippen LogP contribution is -2.23. The molecule has 2 amide bonds. The van der Waals surface area contributed by atoms with Crippen LogP contribution in [0.25, 0.3) is 11.1 Å². The summed E-state index contributed by atoms with van der Waals surface area (Å²) in [7, 11) is 0. The van der Waals surface area contributed by atoms with Crippen molar-refractivity contribution in [1.82, 2.24) is 15.1 Å². The summed E-state index contributed by atoms with van der Waals surface area (Å²) in [4.78, 5) is 32.7. The predicted molar refractivity (Wildman–Crippen MR) is 125 cm³/mol. The number of amides is 2. The highest BCUT2D eigenvalue weighted by Gasteiger charge is 2.60. The first-order chi connectivity index (χ1) is 16.5. The Kier molecular flexibility index (Phi) is 4.97. The quantitative estimate of drug-likeness (QED) is 0.553. The van der Waals surface area contributed by atoms with Gasteiger partial charge < -0.3 is 15.6 Å². The molecule has 34 heavy (non-hydrogen) atoms. The summed E-state index contributed by atoms with van der Waals surface area (Å²) < 4.78 is 5.04. The van der Waals surface area contributed by atoms with Crippen molar-refractivity contribution in [2.45, 2.75) is 57.3 Å². The molecule has 6 rings (SSSR count). The van der Waals surface area contributed by atoms with E-state index in [4.69, 9.17) is 10.3 Å². The number of carbonyl (C=O) groups excluding carboxylic acids is 2. The molecule has 2 fully saturated rings. The van der Waals surface area contributed by atoms with Crippen LogP contribution < -0.4 is 11.1 Å². The number of primary amides is 1. The van der Waals surface area contributed by atoms with Gasteiger partial charge in [0.05, 0.1) is 0 Å². The monoisotopic (exact) mass is 457 g/mol. The number of rotatable bonds is 5. The van der Waals surface area contributed by atoms with E-state index < -0.39 is 5.91 Å². The smallest absolute Gasteiger partial charge is 0.315 e. The van der Waals surface area contributed by atoms with Crippen LogP contribution in [0.3, 0.4) is 0 Å². The largest absolute Gasteiger partial charge is 0.361 e. The van der Waals surface area contributed by atoms with Crippen LogP contribution >= 0.6 is 0 Å². The fraction of sp³-hybridized carbons (Fsp3) is 0.423. The fourth-order valence-electron chi connectivity index (χ4n) is 5.70. The molecule has 0 unspecified atom stereocenters. The molecular formula is C26H27N5O3. The summed E-state index contributed by atoms with van der Waals surface area (Å²) in [6.45, 7) is 0. The van der Waals surface area contributed by atoms with E-state index in [1.54, 1.807) is 6.20 Å². The van der Waals surface area contributed by atoms with Gasteiger partial charge >= 0.3 is 11.8 Å². The minimum Gasteiger partial charge on any atom is -0.361 e. The van der Waals surface area contributed by atoms with E-state index in [1.807, 2.05) is 12.1 Å². The highest BCUT2D eigenvalue weighted by Crippen LogP contribution is 2.65. The third-order valence-corrected chi connectivity index (χ3v) is 7.87. The average Bonchev–Trinajstić information content (AvgIpc) is 3.48. The highest BCUT2D eigenvalue weighted by molar-refractivity contribution is 5.95. The number of nitrogens with one attached hydrogen (secondary N) is 1. The molecule has 0 aliphatic heterocycles. The molecule has 0 radical (unpaired) electrons. The Morgan fingerprint density at radius 2 is 1.94 bits per heavy atom. The zero-order valence-corrected chi connectivity index (χ0v) is 18.9. The summed E-state index contributed by atoms with van der Waals surface area (Å²) in [5, 5.41) is 7.06. The standard InChI is InChI=1S/C26H27N5O3/c27-22(32)25-30-23(31-34-25)19-5-2-1-4-17-12-15(6-7-18(17)19)16-8-11-28-21(13-16)29-24(33)20-14-26(20)9-3-10-26/h6-8,11-13,19-20H,1-5,9-10,14H2,(H2,27,32)(H,28,29,33)/t19-,20+/m0/s1. The number of carbonyl (C=O) groups is 2. The molecule has 2 atom stereocenters. The number of pyridine rings is 1. The Morgan fingerprint density at radius 3 is 2.68 bits per heavy atom. The van der Waals surface area contributed by atoms with Crippen molar-refractivity contribution in [3.05, 3.63) is 59.4 Å². The highest BCUT2D eigenvalue weighted by atomic mass is 16.5. The molecule has 2 aromatic heterocycles. The van der Waals surface area contributed by atoms with Crippen LogP contribution in [-0.4, -0.2) is 26.9 Å². The van der Waals surface area contributed by atoms with Gasteiger partial charge in [-0.3, -0.25) is 9.59 Å². The second kappa shape index (κ2) is 8.04. The van der Waals surface area contributed by atoms with Gasteiger partial charge in [0.2, 0.25) is 5.91 Å². The Hall–Kier alpha value is -3.55. The molecule has 3 aromatic rings. The molecule has 3 aliphatic carbocycles. The van der Waals surface area contributed by atoms with Gasteiger partial charge in [-0.25, -0.2) is 4.98 Å². The third kappa shape index (κ3) is 3.67. The molecule has 1 spiro atoms. The van der Waals surface area contributed by atoms with Crippen molar-refractivity contribution in [3.8, 4) is 11.1 Å². The molecule has 8 nitrogen and oxygen atoms in total. The van der Waals surface area contributed by atoms with Crippen LogP contribution in [0.4, 0.5) is 5.82 Å². The normalized spacial score (nSPS) is 22.4. The number of aryl methyl sites for hydroxylation is 1. The van der Waals surface area contributed by atoms with Crippen LogP contribution in [-0.2, 0) is 11.2 Å². The Balaban J connectivity index is 1.25. The number of nitrogens with two attached hydrogens (primary N) is 1. The van der Waals surface area contributed by atoms with Gasteiger partial charge in [0.15, 0.2) is 5.82 Å². The number of anilines is 1. The van der Waals surface area contributed by atoms with E-state index in [0.29, 0.717) is 17.1 Å². The topological polar surface area (TPSA) is 124 Å². The number of benzene rings is 1. The van der Waals surface area contributed by atoms with Crippen molar-refractivity contribution in [2.24, 2.45) is 17.1 Å². The van der Waals surface area contributed by atoms with Gasteiger partial charge in [-0.05, 0) is 78.3 Å². The number of hydrogen-bond donors (Lipinski definition) is 2. The molecule has 2 heterocycles. The molecule has 1 aromatic carbocycles. The second-order valence-corrected chi connectivity index (χ2v) is 9.93. The van der Waals surface area contributed by atoms with Crippen LogP contribution in [0.15, 0.2) is 41.1 Å². The van der Waals surface area contributed by atoms with E-state index in [2.05, 4.69) is 38.6 Å². The van der Waals surface area contributed by atoms with E-state index >= 15 is 0 Å². The first kappa shape index (κ1) is 21.0. The maximum Gasteiger partial charge on any atom is 0.315 e. The molecule has 174 valence electrons. The van der Waals surface area contributed by atoms with Crippen LogP contribution in [0.5, 0.6) is 0 Å². The number of aromatic nitrogens is 3. The molecule has 0 bridgehead atoms. The molecule has 8 heteroatoms. The van der Waals surface area contributed by atoms with Gasteiger partial charge in [0.1, 0.15) is 5.82 Å². The van der Waals surface area contributed by atoms with Crippen molar-refractivity contribution in [1.29, 1.82) is 0 Å². The zero-order chi connectivity index (χ0) is 23.3. The third-order valence-electron chi connectivity index (χ3n) is 7.87. The maximum absolute atomic E-state index is 12.7. The lowest BCUT2D eigenvalue weighted by molar-refractivity contribution is -0.118.